The molecule has 0 spiro atoms. The topological polar surface area (TPSA) is 61.9 Å². The van der Waals surface area contributed by atoms with E-state index in [4.69, 9.17) is 4.74 Å². The molecule has 2 fully saturated rings. The van der Waals surface area contributed by atoms with E-state index in [0.717, 1.165) is 60.2 Å². The third kappa shape index (κ3) is 3.82. The standard InChI is InChI=1S/C26H31N3O3/c1-16(2)32-20-9-11-28(12-10-20)15-18-13-19-5-4-6-22-24(19)21(14-18)26(31)29(22)23-8-7-17(3)27-25(23)30/h4-6,13-14,16,20,23H,3,7-12,15H2,1-2H3,(H,27,30). The van der Waals surface area contributed by atoms with E-state index in [2.05, 4.69) is 42.8 Å². The zero-order valence-electron chi connectivity index (χ0n) is 18.9. The minimum absolute atomic E-state index is 0.0743. The first-order valence-corrected chi connectivity index (χ1v) is 11.7. The van der Waals surface area contributed by atoms with Crippen molar-refractivity contribution in [1.82, 2.24) is 10.2 Å². The minimum Gasteiger partial charge on any atom is -0.375 e. The Bertz CT molecular complexity index is 1090. The van der Waals surface area contributed by atoms with E-state index >= 15 is 0 Å². The molecule has 0 radical (unpaired) electrons. The molecule has 2 aromatic carbocycles. The minimum atomic E-state index is -0.491. The second-order valence-corrected chi connectivity index (χ2v) is 9.50. The number of benzene rings is 2. The molecule has 2 amide bonds. The molecule has 32 heavy (non-hydrogen) atoms. The lowest BCUT2D eigenvalue weighted by Gasteiger charge is -2.32. The van der Waals surface area contributed by atoms with Crippen molar-refractivity contribution >= 4 is 28.3 Å². The van der Waals surface area contributed by atoms with E-state index < -0.39 is 6.04 Å². The molecule has 1 N–H and O–H groups in total. The summed E-state index contributed by atoms with van der Waals surface area (Å²) in [4.78, 5) is 30.3. The summed E-state index contributed by atoms with van der Waals surface area (Å²) in [6.45, 7) is 10.9. The summed E-state index contributed by atoms with van der Waals surface area (Å²) in [7, 11) is 0. The van der Waals surface area contributed by atoms with Gasteiger partial charge in [0, 0.05) is 30.7 Å². The van der Waals surface area contributed by atoms with E-state index in [1.54, 1.807) is 4.90 Å². The van der Waals surface area contributed by atoms with Gasteiger partial charge in [-0.25, -0.2) is 0 Å². The van der Waals surface area contributed by atoms with Crippen LogP contribution in [0.15, 0.2) is 42.6 Å². The summed E-state index contributed by atoms with van der Waals surface area (Å²) in [5.41, 5.74) is 3.42. The maximum absolute atomic E-state index is 13.5. The highest BCUT2D eigenvalue weighted by molar-refractivity contribution is 6.26. The van der Waals surface area contributed by atoms with Crippen LogP contribution in [0, 0.1) is 0 Å². The van der Waals surface area contributed by atoms with Crippen molar-refractivity contribution in [2.24, 2.45) is 0 Å². The number of nitrogens with zero attached hydrogens (tertiary/aromatic N) is 2. The van der Waals surface area contributed by atoms with Crippen LogP contribution in [0.25, 0.3) is 10.8 Å². The molecule has 0 aromatic heterocycles. The van der Waals surface area contributed by atoms with Gasteiger partial charge >= 0.3 is 0 Å². The second-order valence-electron chi connectivity index (χ2n) is 9.50. The molecule has 2 aromatic rings. The first kappa shape index (κ1) is 21.2. The summed E-state index contributed by atoms with van der Waals surface area (Å²) in [5, 5.41) is 4.84. The molecule has 5 rings (SSSR count). The lowest BCUT2D eigenvalue weighted by molar-refractivity contribution is -0.122. The molecule has 1 atom stereocenters. The maximum atomic E-state index is 13.5. The highest BCUT2D eigenvalue weighted by Crippen LogP contribution is 2.40. The van der Waals surface area contributed by atoms with Crippen LogP contribution in [0.3, 0.4) is 0 Å². The van der Waals surface area contributed by atoms with E-state index in [1.165, 1.54) is 0 Å². The van der Waals surface area contributed by atoms with Gasteiger partial charge < -0.3 is 10.1 Å². The maximum Gasteiger partial charge on any atom is 0.259 e. The predicted octanol–water partition coefficient (Wildman–Crippen LogP) is 3.98. The van der Waals surface area contributed by atoms with Gasteiger partial charge in [0.05, 0.1) is 23.5 Å². The summed E-state index contributed by atoms with van der Waals surface area (Å²) in [6.07, 6.45) is 3.98. The molecule has 2 saturated heterocycles. The van der Waals surface area contributed by atoms with Gasteiger partial charge in [-0.05, 0) is 68.7 Å². The predicted molar refractivity (Wildman–Crippen MR) is 126 cm³/mol. The molecule has 0 saturated carbocycles. The van der Waals surface area contributed by atoms with Crippen LogP contribution in [0.5, 0.6) is 0 Å². The molecule has 0 bridgehead atoms. The number of allylic oxidation sites excluding steroid dienone is 1. The molecule has 3 aliphatic heterocycles. The van der Waals surface area contributed by atoms with Crippen LogP contribution < -0.4 is 10.2 Å². The smallest absolute Gasteiger partial charge is 0.259 e. The van der Waals surface area contributed by atoms with E-state index in [9.17, 15) is 9.59 Å². The van der Waals surface area contributed by atoms with Gasteiger partial charge in [-0.15, -0.1) is 0 Å². The molecular formula is C26H31N3O3. The van der Waals surface area contributed by atoms with Crippen molar-refractivity contribution in [3.05, 3.63) is 53.7 Å². The normalized spacial score (nSPS) is 22.3. The van der Waals surface area contributed by atoms with Gasteiger partial charge in [0.1, 0.15) is 6.04 Å². The summed E-state index contributed by atoms with van der Waals surface area (Å²) in [5.74, 6) is -0.221. The van der Waals surface area contributed by atoms with Gasteiger partial charge in [-0.3, -0.25) is 19.4 Å². The Morgan fingerprint density at radius 3 is 2.66 bits per heavy atom. The number of amides is 2. The van der Waals surface area contributed by atoms with E-state index in [1.807, 2.05) is 18.2 Å². The van der Waals surface area contributed by atoms with E-state index in [-0.39, 0.29) is 17.9 Å². The fourth-order valence-electron chi connectivity index (χ4n) is 5.33. The van der Waals surface area contributed by atoms with Gasteiger partial charge in [0.2, 0.25) is 5.91 Å². The first-order chi connectivity index (χ1) is 15.4. The van der Waals surface area contributed by atoms with Crippen molar-refractivity contribution < 1.29 is 14.3 Å². The van der Waals surface area contributed by atoms with Crippen LogP contribution in [0.4, 0.5) is 5.69 Å². The molecule has 168 valence electrons. The molecule has 0 aliphatic carbocycles. The number of ether oxygens (including phenoxy) is 1. The number of piperidine rings is 2. The van der Waals surface area contributed by atoms with Crippen LogP contribution in [-0.2, 0) is 16.1 Å². The van der Waals surface area contributed by atoms with Crippen molar-refractivity contribution in [3.63, 3.8) is 0 Å². The molecule has 1 unspecified atom stereocenters. The number of hydrogen-bond acceptors (Lipinski definition) is 4. The monoisotopic (exact) mass is 433 g/mol. The molecule has 6 nitrogen and oxygen atoms in total. The number of hydrogen-bond donors (Lipinski definition) is 1. The first-order valence-electron chi connectivity index (χ1n) is 11.7. The summed E-state index contributed by atoms with van der Waals surface area (Å²) in [6, 6.07) is 9.73. The number of anilines is 1. The molecule has 6 heteroatoms. The molecule has 3 heterocycles. The third-order valence-electron chi connectivity index (χ3n) is 6.76. The number of rotatable bonds is 5. The van der Waals surface area contributed by atoms with Crippen LogP contribution in [-0.4, -0.2) is 48.1 Å². The van der Waals surface area contributed by atoms with Crippen molar-refractivity contribution in [1.29, 1.82) is 0 Å². The van der Waals surface area contributed by atoms with E-state index in [0.29, 0.717) is 24.5 Å². The van der Waals surface area contributed by atoms with Crippen molar-refractivity contribution in [2.75, 3.05) is 18.0 Å². The third-order valence-corrected chi connectivity index (χ3v) is 6.76. The highest BCUT2D eigenvalue weighted by Gasteiger charge is 2.40. The Hall–Kier alpha value is -2.70. The van der Waals surface area contributed by atoms with Crippen LogP contribution >= 0.6 is 0 Å². The quantitative estimate of drug-likeness (QED) is 0.775. The Balaban J connectivity index is 1.38. The number of nitrogens with one attached hydrogen (secondary N) is 1. The number of carbonyl (C=O) groups excluding carboxylic acids is 2. The van der Waals surface area contributed by atoms with Gasteiger partial charge in [0.25, 0.3) is 5.91 Å². The lowest BCUT2D eigenvalue weighted by Crippen LogP contribution is -2.51. The van der Waals surface area contributed by atoms with Crippen LogP contribution in [0.2, 0.25) is 0 Å². The zero-order valence-corrected chi connectivity index (χ0v) is 18.9. The lowest BCUT2D eigenvalue weighted by atomic mass is 10.0. The SMILES string of the molecule is C=C1CCC(N2C(=O)c3cc(CN4CCC(OC(C)C)CC4)cc4cccc2c34)C(=O)N1. The average molecular weight is 434 g/mol. The van der Waals surface area contributed by atoms with Crippen LogP contribution in [0.1, 0.15) is 55.5 Å². The Morgan fingerprint density at radius 2 is 1.94 bits per heavy atom. The Kier molecular flexibility index (Phi) is 5.51. The molecular weight excluding hydrogens is 402 g/mol. The average Bonchev–Trinajstić information content (AvgIpc) is 3.02. The van der Waals surface area contributed by atoms with Crippen molar-refractivity contribution in [2.45, 2.75) is 64.3 Å². The number of carbonyl (C=O) groups is 2. The van der Waals surface area contributed by atoms with Gasteiger partial charge in [-0.1, -0.05) is 18.7 Å². The Labute approximate surface area is 189 Å². The summed E-state index contributed by atoms with van der Waals surface area (Å²) < 4.78 is 5.97. The fourth-order valence-corrected chi connectivity index (χ4v) is 5.33. The van der Waals surface area contributed by atoms with Gasteiger partial charge in [0.15, 0.2) is 0 Å². The zero-order chi connectivity index (χ0) is 22.4. The molecule has 3 aliphatic rings. The number of likely N-dealkylation sites (tertiary alicyclic amines) is 1. The van der Waals surface area contributed by atoms with Gasteiger partial charge in [-0.2, -0.15) is 0 Å². The largest absolute Gasteiger partial charge is 0.375 e. The Morgan fingerprint density at radius 1 is 1.16 bits per heavy atom. The van der Waals surface area contributed by atoms with Crippen molar-refractivity contribution in [3.8, 4) is 0 Å². The fraction of sp³-hybridized carbons (Fsp3) is 0.462. The second kappa shape index (κ2) is 8.34. The summed E-state index contributed by atoms with van der Waals surface area (Å²) >= 11 is 0. The highest BCUT2D eigenvalue weighted by atomic mass is 16.5.